The minimum Gasteiger partial charge on any atom is -0.508 e. The number of phenolic OH excluding ortho intramolecular Hbond substituents is 3. The van der Waals surface area contributed by atoms with Crippen molar-refractivity contribution >= 4 is 11.0 Å². The topological polar surface area (TPSA) is 83.1 Å². The van der Waals surface area contributed by atoms with Crippen LogP contribution in [0, 0.1) is 0 Å². The number of ether oxygens (including phenoxy) is 1. The lowest BCUT2D eigenvalue weighted by Gasteiger charge is -2.16. The van der Waals surface area contributed by atoms with Crippen LogP contribution in [0.15, 0.2) is 40.3 Å². The van der Waals surface area contributed by atoms with E-state index in [1.54, 1.807) is 18.2 Å². The van der Waals surface area contributed by atoms with Crippen molar-refractivity contribution in [2.24, 2.45) is 0 Å². The third kappa shape index (κ3) is 2.39. The minimum atomic E-state index is -0.176. The average Bonchev–Trinajstić information content (AvgIpc) is 2.93. The van der Waals surface area contributed by atoms with Gasteiger partial charge in [-0.15, -0.1) is 0 Å². The normalized spacial score (nSPS) is 12.4. The Bertz CT molecular complexity index is 1020. The third-order valence-electron chi connectivity index (χ3n) is 4.43. The molecule has 0 fully saturated rings. The Morgan fingerprint density at radius 2 is 1.96 bits per heavy atom. The van der Waals surface area contributed by atoms with Crippen LogP contribution in [0.5, 0.6) is 23.0 Å². The van der Waals surface area contributed by atoms with Gasteiger partial charge in [0, 0.05) is 22.6 Å². The zero-order valence-electron chi connectivity index (χ0n) is 14.0. The number of hydrogen-bond donors (Lipinski definition) is 3. The van der Waals surface area contributed by atoms with Gasteiger partial charge in [-0.2, -0.15) is 0 Å². The van der Waals surface area contributed by atoms with Crippen LogP contribution in [0.2, 0.25) is 0 Å². The average molecular weight is 338 g/mol. The summed E-state index contributed by atoms with van der Waals surface area (Å²) in [4.78, 5) is 0. The van der Waals surface area contributed by atoms with Gasteiger partial charge < -0.3 is 24.5 Å². The van der Waals surface area contributed by atoms with Gasteiger partial charge in [0.15, 0.2) is 11.5 Å². The highest BCUT2D eigenvalue weighted by Gasteiger charge is 2.27. The highest BCUT2D eigenvalue weighted by atomic mass is 16.5. The van der Waals surface area contributed by atoms with E-state index in [0.717, 1.165) is 22.1 Å². The number of aromatic hydroxyl groups is 3. The predicted octanol–water partition coefficient (Wildman–Crippen LogP) is 4.62. The summed E-state index contributed by atoms with van der Waals surface area (Å²) in [6, 6.07) is 6.36. The molecule has 5 nitrogen and oxygen atoms in total. The lowest BCUT2D eigenvalue weighted by Crippen LogP contribution is -2.03. The first-order valence-corrected chi connectivity index (χ1v) is 8.04. The molecule has 4 rings (SSSR count). The highest BCUT2D eigenvalue weighted by molar-refractivity contribution is 5.94. The van der Waals surface area contributed by atoms with Crippen molar-refractivity contribution in [2.75, 3.05) is 0 Å². The van der Waals surface area contributed by atoms with Gasteiger partial charge in [-0.25, -0.2) is 0 Å². The number of allylic oxidation sites excluding steroid dienone is 2. The summed E-state index contributed by atoms with van der Waals surface area (Å²) in [7, 11) is 0. The molecule has 128 valence electrons. The van der Waals surface area contributed by atoms with Gasteiger partial charge in [0.05, 0.1) is 5.56 Å². The molecule has 0 bridgehead atoms. The molecule has 0 unspecified atom stereocenters. The van der Waals surface area contributed by atoms with E-state index in [2.05, 4.69) is 0 Å². The molecule has 0 atom stereocenters. The van der Waals surface area contributed by atoms with Gasteiger partial charge in [0.2, 0.25) is 0 Å². The van der Waals surface area contributed by atoms with Crippen LogP contribution in [0.1, 0.15) is 25.0 Å². The fourth-order valence-electron chi connectivity index (χ4n) is 3.15. The molecule has 0 radical (unpaired) electrons. The fraction of sp³-hybridized carbons (Fsp3) is 0.200. The molecule has 2 aromatic carbocycles. The Balaban J connectivity index is 1.99. The van der Waals surface area contributed by atoms with Crippen molar-refractivity contribution < 1.29 is 24.5 Å². The first-order valence-electron chi connectivity index (χ1n) is 8.04. The first-order chi connectivity index (χ1) is 12.0. The molecule has 3 aromatic rings. The molecule has 0 amide bonds. The molecule has 0 aliphatic carbocycles. The number of hydrogen-bond acceptors (Lipinski definition) is 5. The van der Waals surface area contributed by atoms with Gasteiger partial charge in [0.1, 0.15) is 29.4 Å². The van der Waals surface area contributed by atoms with Crippen molar-refractivity contribution in [1.82, 2.24) is 0 Å². The maximum atomic E-state index is 10.3. The quantitative estimate of drug-likeness (QED) is 0.469. The van der Waals surface area contributed by atoms with Crippen LogP contribution < -0.4 is 4.74 Å². The molecule has 2 heterocycles. The fourth-order valence-corrected chi connectivity index (χ4v) is 3.15. The van der Waals surface area contributed by atoms with Crippen LogP contribution in [0.3, 0.4) is 0 Å². The molecule has 0 saturated carbocycles. The van der Waals surface area contributed by atoms with Crippen molar-refractivity contribution in [2.45, 2.75) is 26.9 Å². The van der Waals surface area contributed by atoms with Crippen LogP contribution >= 0.6 is 0 Å². The Labute approximate surface area is 144 Å². The van der Waals surface area contributed by atoms with Crippen LogP contribution in [-0.4, -0.2) is 15.3 Å². The minimum absolute atomic E-state index is 0.123. The highest BCUT2D eigenvalue weighted by Crippen LogP contribution is 2.47. The summed E-state index contributed by atoms with van der Waals surface area (Å²) in [5, 5.41) is 30.8. The molecule has 0 saturated heterocycles. The van der Waals surface area contributed by atoms with E-state index in [0.29, 0.717) is 29.1 Å². The number of benzene rings is 2. The van der Waals surface area contributed by atoms with E-state index >= 15 is 0 Å². The summed E-state index contributed by atoms with van der Waals surface area (Å²) in [5.74, 6) is 0.969. The maximum absolute atomic E-state index is 10.3. The lowest BCUT2D eigenvalue weighted by molar-refractivity contribution is 0.298. The Morgan fingerprint density at radius 3 is 2.72 bits per heavy atom. The predicted molar refractivity (Wildman–Crippen MR) is 94.1 cm³/mol. The van der Waals surface area contributed by atoms with Crippen molar-refractivity contribution in [1.29, 1.82) is 0 Å². The second-order valence-electron chi connectivity index (χ2n) is 6.46. The molecule has 1 aliphatic rings. The van der Waals surface area contributed by atoms with Crippen molar-refractivity contribution in [3.8, 4) is 34.3 Å². The molecule has 5 heteroatoms. The van der Waals surface area contributed by atoms with Gasteiger partial charge >= 0.3 is 0 Å². The molecule has 0 spiro atoms. The summed E-state index contributed by atoms with van der Waals surface area (Å²) < 4.78 is 11.8. The van der Waals surface area contributed by atoms with Crippen molar-refractivity contribution in [3.05, 3.63) is 47.0 Å². The van der Waals surface area contributed by atoms with E-state index in [1.807, 2.05) is 19.9 Å². The molecule has 3 N–H and O–H groups in total. The maximum Gasteiger partial charge on any atom is 0.164 e. The standard InChI is InChI=1S/C20H18O5/c1-10(2)3-5-13-18(23)16(22)8-14-15-9-24-17-7-11(21)4-6-12(17)19(15)25-20(13)14/h3-4,6-8,21-23H,5,9H2,1-2H3. The van der Waals surface area contributed by atoms with E-state index < -0.39 is 0 Å². The molecule has 1 aromatic heterocycles. The summed E-state index contributed by atoms with van der Waals surface area (Å²) in [5.41, 5.74) is 3.76. The van der Waals surface area contributed by atoms with Crippen LogP contribution in [-0.2, 0) is 13.0 Å². The van der Waals surface area contributed by atoms with E-state index in [-0.39, 0.29) is 23.9 Å². The molecule has 25 heavy (non-hydrogen) atoms. The lowest BCUT2D eigenvalue weighted by atomic mass is 10.00. The molecular formula is C20H18O5. The van der Waals surface area contributed by atoms with Gasteiger partial charge in [-0.1, -0.05) is 11.6 Å². The SMILES string of the molecule is CC(C)=CCc1c(O)c(O)cc2c3c(oc12)-c1ccc(O)cc1OC3. The largest absolute Gasteiger partial charge is 0.508 e. The molecular weight excluding hydrogens is 320 g/mol. The van der Waals surface area contributed by atoms with E-state index in [9.17, 15) is 15.3 Å². The Hall–Kier alpha value is -3.08. The second kappa shape index (κ2) is 5.48. The number of furan rings is 1. The van der Waals surface area contributed by atoms with Gasteiger partial charge in [-0.05, 0) is 38.5 Å². The number of fused-ring (bicyclic) bond motifs is 5. The summed E-state index contributed by atoms with van der Waals surface area (Å²) in [6.45, 7) is 4.21. The second-order valence-corrected chi connectivity index (χ2v) is 6.46. The van der Waals surface area contributed by atoms with Gasteiger partial charge in [0.25, 0.3) is 0 Å². The Morgan fingerprint density at radius 1 is 1.16 bits per heavy atom. The van der Waals surface area contributed by atoms with E-state index in [4.69, 9.17) is 9.15 Å². The smallest absolute Gasteiger partial charge is 0.164 e. The van der Waals surface area contributed by atoms with E-state index in [1.165, 1.54) is 6.07 Å². The summed E-state index contributed by atoms with van der Waals surface area (Å²) in [6.07, 6.45) is 2.42. The number of rotatable bonds is 2. The summed E-state index contributed by atoms with van der Waals surface area (Å²) >= 11 is 0. The third-order valence-corrected chi connectivity index (χ3v) is 4.43. The monoisotopic (exact) mass is 338 g/mol. The Kier molecular flexibility index (Phi) is 3.39. The zero-order valence-corrected chi connectivity index (χ0v) is 14.0. The number of phenols is 3. The zero-order chi connectivity index (χ0) is 17.7. The van der Waals surface area contributed by atoms with Crippen molar-refractivity contribution in [3.63, 3.8) is 0 Å². The van der Waals surface area contributed by atoms with Gasteiger partial charge in [-0.3, -0.25) is 0 Å². The van der Waals surface area contributed by atoms with Crippen LogP contribution in [0.4, 0.5) is 0 Å². The van der Waals surface area contributed by atoms with Crippen LogP contribution in [0.25, 0.3) is 22.3 Å². The molecule has 1 aliphatic heterocycles. The first kappa shape index (κ1) is 15.4.